The summed E-state index contributed by atoms with van der Waals surface area (Å²) in [6.07, 6.45) is 11.1. The molecule has 3 unspecified atom stereocenters. The van der Waals surface area contributed by atoms with E-state index in [1.165, 1.54) is 6.42 Å². The lowest BCUT2D eigenvalue weighted by molar-refractivity contribution is -0.141. The molecular weight excluding hydrogens is 690 g/mol. The van der Waals surface area contributed by atoms with E-state index in [0.717, 1.165) is 57.8 Å². The lowest BCUT2D eigenvalue weighted by Gasteiger charge is -2.33. The monoisotopic (exact) mass is 751 g/mol. The first-order valence-corrected chi connectivity index (χ1v) is 20.1. The summed E-state index contributed by atoms with van der Waals surface area (Å²) in [6, 6.07) is 5.31. The number of ketones is 2. The van der Waals surface area contributed by atoms with Gasteiger partial charge in [0.15, 0.2) is 5.78 Å². The largest absolute Gasteiger partial charge is 0.449 e. The summed E-state index contributed by atoms with van der Waals surface area (Å²) in [6.45, 7) is 5.34. The van der Waals surface area contributed by atoms with Gasteiger partial charge in [-0.2, -0.15) is 0 Å². The van der Waals surface area contributed by atoms with Gasteiger partial charge in [-0.3, -0.25) is 28.8 Å². The Morgan fingerprint density at radius 1 is 0.796 bits per heavy atom. The van der Waals surface area contributed by atoms with Crippen LogP contribution in [0.1, 0.15) is 122 Å². The minimum absolute atomic E-state index is 0.0587. The average Bonchev–Trinajstić information content (AvgIpc) is 3.63. The van der Waals surface area contributed by atoms with Crippen molar-refractivity contribution in [2.75, 3.05) is 13.2 Å². The van der Waals surface area contributed by atoms with Gasteiger partial charge in [0, 0.05) is 11.8 Å². The quantitative estimate of drug-likeness (QED) is 0.136. The van der Waals surface area contributed by atoms with Gasteiger partial charge in [0.25, 0.3) is 5.91 Å². The number of nitrogens with two attached hydrogens (primary N) is 1. The first-order chi connectivity index (χ1) is 25.9. The van der Waals surface area contributed by atoms with Crippen molar-refractivity contribution < 1.29 is 38.3 Å². The standard InChI is InChI=1S/C41H61N5O8/c1-4-14-32(37(49)40(52)43-23-33(47)45-35(38(42)50)28-19-12-7-13-20-28)44-39(51)31-22-29(26-15-8-5-9-16-26)21-30(31)36(48)34(27-17-10-6-11-18-27)46-41(53)54-24-25(2)3/h7,12-13,19-20,25-27,29-32,34-35H,4-6,8-11,14-18,21-24H2,1-3H3,(H2,42,50)(H,43,52)(H,44,51)(H,45,47)(H,46,53)/t29-,30?,31?,32?,34-,35-/m0/s1. The molecule has 13 nitrogen and oxygen atoms in total. The number of Topliss-reactive ketones (excluding diaryl/α,β-unsaturated/α-hetero) is 2. The Balaban J connectivity index is 1.47. The molecule has 0 saturated heterocycles. The number of nitrogens with one attached hydrogen (secondary N) is 4. The van der Waals surface area contributed by atoms with E-state index in [2.05, 4.69) is 21.3 Å². The molecule has 6 N–H and O–H groups in total. The molecule has 0 aromatic heterocycles. The second-order valence-electron chi connectivity index (χ2n) is 16.0. The van der Waals surface area contributed by atoms with Gasteiger partial charge in [0.2, 0.25) is 23.5 Å². The molecule has 0 spiro atoms. The zero-order chi connectivity index (χ0) is 39.2. The minimum atomic E-state index is -1.17. The summed E-state index contributed by atoms with van der Waals surface area (Å²) in [7, 11) is 0. The number of hydrogen-bond donors (Lipinski definition) is 5. The van der Waals surface area contributed by atoms with E-state index in [0.29, 0.717) is 30.7 Å². The minimum Gasteiger partial charge on any atom is -0.449 e. The van der Waals surface area contributed by atoms with Gasteiger partial charge in [-0.05, 0) is 61.3 Å². The third-order valence-corrected chi connectivity index (χ3v) is 11.4. The van der Waals surface area contributed by atoms with Gasteiger partial charge in [-0.1, -0.05) is 109 Å². The zero-order valence-corrected chi connectivity index (χ0v) is 32.2. The second kappa shape index (κ2) is 21.0. The maximum atomic E-state index is 14.6. The molecule has 3 aliphatic rings. The number of carbonyl (C=O) groups excluding carboxylic acids is 7. The molecule has 3 saturated carbocycles. The number of ether oxygens (including phenoxy) is 1. The fraction of sp³-hybridized carbons (Fsp3) is 0.683. The fourth-order valence-corrected chi connectivity index (χ4v) is 8.62. The van der Waals surface area contributed by atoms with Crippen molar-refractivity contribution in [3.63, 3.8) is 0 Å². The molecule has 0 heterocycles. The normalized spacial score (nSPS) is 22.3. The van der Waals surface area contributed by atoms with Crippen molar-refractivity contribution in [1.82, 2.24) is 21.3 Å². The second-order valence-corrected chi connectivity index (χ2v) is 16.0. The van der Waals surface area contributed by atoms with E-state index in [9.17, 15) is 33.6 Å². The van der Waals surface area contributed by atoms with Crippen molar-refractivity contribution in [3.8, 4) is 0 Å². The number of hydrogen-bond acceptors (Lipinski definition) is 8. The van der Waals surface area contributed by atoms with Crippen LogP contribution in [0.3, 0.4) is 0 Å². The van der Waals surface area contributed by atoms with Crippen LogP contribution in [0.15, 0.2) is 30.3 Å². The Labute approximate surface area is 319 Å². The van der Waals surface area contributed by atoms with Crippen LogP contribution in [0, 0.1) is 35.5 Å². The molecule has 298 valence electrons. The number of amides is 5. The third-order valence-electron chi connectivity index (χ3n) is 11.4. The maximum Gasteiger partial charge on any atom is 0.407 e. The van der Waals surface area contributed by atoms with Crippen LogP contribution < -0.4 is 27.0 Å². The summed E-state index contributed by atoms with van der Waals surface area (Å²) < 4.78 is 5.44. The highest BCUT2D eigenvalue weighted by Gasteiger charge is 2.48. The van der Waals surface area contributed by atoms with Gasteiger partial charge in [0.1, 0.15) is 6.04 Å². The Kier molecular flexibility index (Phi) is 16.5. The molecular formula is C41H61N5O8. The lowest BCUT2D eigenvalue weighted by atomic mass is 9.76. The highest BCUT2D eigenvalue weighted by molar-refractivity contribution is 6.38. The molecule has 13 heteroatoms. The highest BCUT2D eigenvalue weighted by atomic mass is 16.5. The van der Waals surface area contributed by atoms with E-state index >= 15 is 0 Å². The van der Waals surface area contributed by atoms with Gasteiger partial charge in [-0.15, -0.1) is 0 Å². The summed E-state index contributed by atoms with van der Waals surface area (Å²) in [4.78, 5) is 93.0. The van der Waals surface area contributed by atoms with Gasteiger partial charge >= 0.3 is 6.09 Å². The van der Waals surface area contributed by atoms with Gasteiger partial charge < -0.3 is 31.7 Å². The van der Waals surface area contributed by atoms with Crippen LogP contribution in [0.5, 0.6) is 0 Å². The Hall–Kier alpha value is -4.29. The third kappa shape index (κ3) is 12.1. The number of alkyl carbamates (subject to hydrolysis) is 1. The molecule has 0 radical (unpaired) electrons. The van der Waals surface area contributed by atoms with E-state index in [-0.39, 0.29) is 36.6 Å². The number of carbonyl (C=O) groups is 7. The van der Waals surface area contributed by atoms with E-state index < -0.39 is 72.0 Å². The van der Waals surface area contributed by atoms with Crippen LogP contribution in [-0.2, 0) is 33.5 Å². The molecule has 3 fully saturated rings. The first-order valence-electron chi connectivity index (χ1n) is 20.1. The predicted molar refractivity (Wildman–Crippen MR) is 202 cm³/mol. The SMILES string of the molecule is CCCC(NC(=O)C1C[C@@H](C2CCCCC2)CC1C(=O)[C@@H](NC(=O)OCC(C)C)C1CCCCC1)C(=O)C(=O)NCC(=O)N[C@H](C(N)=O)c1ccccc1. The Bertz CT molecular complexity index is 1460. The average molecular weight is 752 g/mol. The summed E-state index contributed by atoms with van der Waals surface area (Å²) in [5.41, 5.74) is 5.95. The molecule has 4 rings (SSSR count). The molecule has 6 atom stereocenters. The van der Waals surface area contributed by atoms with Gasteiger partial charge in [-0.25, -0.2) is 4.79 Å². The maximum absolute atomic E-state index is 14.6. The van der Waals surface area contributed by atoms with E-state index in [4.69, 9.17) is 10.5 Å². The first kappa shape index (κ1) is 42.5. The van der Waals surface area contributed by atoms with Crippen molar-refractivity contribution in [2.24, 2.45) is 41.2 Å². The van der Waals surface area contributed by atoms with Crippen LogP contribution >= 0.6 is 0 Å². The number of primary amides is 1. The summed E-state index contributed by atoms with van der Waals surface area (Å²) >= 11 is 0. The molecule has 5 amide bonds. The van der Waals surface area contributed by atoms with E-state index in [1.54, 1.807) is 30.3 Å². The van der Waals surface area contributed by atoms with Crippen LogP contribution in [0.4, 0.5) is 4.79 Å². The van der Waals surface area contributed by atoms with Crippen LogP contribution in [-0.4, -0.2) is 66.5 Å². The highest BCUT2D eigenvalue weighted by Crippen LogP contribution is 2.46. The van der Waals surface area contributed by atoms with Crippen LogP contribution in [0.25, 0.3) is 0 Å². The fourth-order valence-electron chi connectivity index (χ4n) is 8.62. The molecule has 1 aromatic rings. The number of rotatable bonds is 18. The molecule has 54 heavy (non-hydrogen) atoms. The smallest absolute Gasteiger partial charge is 0.407 e. The number of benzene rings is 1. The molecule has 0 aliphatic heterocycles. The zero-order valence-electron chi connectivity index (χ0n) is 32.2. The van der Waals surface area contributed by atoms with Crippen molar-refractivity contribution >= 4 is 41.3 Å². The summed E-state index contributed by atoms with van der Waals surface area (Å²) in [5, 5.41) is 10.5. The molecule has 3 aliphatic carbocycles. The lowest BCUT2D eigenvalue weighted by Crippen LogP contribution is -2.53. The van der Waals surface area contributed by atoms with Gasteiger partial charge in [0.05, 0.1) is 25.2 Å². The predicted octanol–water partition coefficient (Wildman–Crippen LogP) is 4.42. The Morgan fingerprint density at radius 2 is 1.43 bits per heavy atom. The summed E-state index contributed by atoms with van der Waals surface area (Å²) in [5.74, 6) is -4.87. The molecule has 0 bridgehead atoms. The molecule has 1 aromatic carbocycles. The topological polar surface area (TPSA) is 203 Å². The van der Waals surface area contributed by atoms with Crippen molar-refractivity contribution in [3.05, 3.63) is 35.9 Å². The van der Waals surface area contributed by atoms with Crippen LogP contribution in [0.2, 0.25) is 0 Å². The van der Waals surface area contributed by atoms with Crippen molar-refractivity contribution in [1.29, 1.82) is 0 Å². The Morgan fingerprint density at radius 3 is 2.04 bits per heavy atom. The van der Waals surface area contributed by atoms with E-state index in [1.807, 2.05) is 20.8 Å². The van der Waals surface area contributed by atoms with Crippen molar-refractivity contribution in [2.45, 2.75) is 129 Å².